The minimum atomic E-state index is -3.95. The fraction of sp³-hybridized carbons (Fsp3) is 0. The van der Waals surface area contributed by atoms with Crippen molar-refractivity contribution in [3.05, 3.63) is 76.8 Å². The van der Waals surface area contributed by atoms with Gasteiger partial charge in [-0.1, -0.05) is 23.2 Å². The van der Waals surface area contributed by atoms with Crippen molar-refractivity contribution < 1.29 is 13.2 Å². The topological polar surface area (TPSA) is 118 Å². The molecule has 0 aliphatic rings. The third-order valence-corrected chi connectivity index (χ3v) is 6.65. The Morgan fingerprint density at radius 3 is 2.56 bits per heavy atom. The summed E-state index contributed by atoms with van der Waals surface area (Å²) in [4.78, 5) is 7.65. The summed E-state index contributed by atoms with van der Waals surface area (Å²) in [6.45, 7) is 0. The van der Waals surface area contributed by atoms with Crippen LogP contribution in [0.2, 0.25) is 10.2 Å². The average Bonchev–Trinajstić information content (AvgIpc) is 3.27. The summed E-state index contributed by atoms with van der Waals surface area (Å²) in [6, 6.07) is 14.3. The second-order valence-corrected chi connectivity index (χ2v) is 9.52. The van der Waals surface area contributed by atoms with Gasteiger partial charge in [-0.3, -0.25) is 4.72 Å². The number of nitrogens with one attached hydrogen (secondary N) is 1. The van der Waals surface area contributed by atoms with Gasteiger partial charge in [0.15, 0.2) is 0 Å². The Hall–Kier alpha value is -3.23. The number of sulfonamides is 1. The number of halogens is 2. The van der Waals surface area contributed by atoms with Crippen molar-refractivity contribution in [2.24, 2.45) is 0 Å². The summed E-state index contributed by atoms with van der Waals surface area (Å²) in [5.74, 6) is 0.571. The molecule has 8 nitrogen and oxygen atoms in total. The fourth-order valence-electron chi connectivity index (χ4n) is 2.75. The van der Waals surface area contributed by atoms with Crippen LogP contribution in [0.3, 0.4) is 0 Å². The second-order valence-electron chi connectivity index (χ2n) is 6.23. The lowest BCUT2D eigenvalue weighted by Gasteiger charge is -2.14. The summed E-state index contributed by atoms with van der Waals surface area (Å²) in [6.07, 6.45) is 2.79. The van der Waals surface area contributed by atoms with E-state index in [2.05, 4.69) is 19.1 Å². The van der Waals surface area contributed by atoms with Gasteiger partial charge in [-0.15, -0.1) is 0 Å². The molecule has 160 valence electrons. The molecule has 0 saturated carbocycles. The largest absolute Gasteiger partial charge is 0.455 e. The molecule has 2 aromatic heterocycles. The number of nitriles is 1. The van der Waals surface area contributed by atoms with Crippen molar-refractivity contribution in [3.8, 4) is 28.7 Å². The number of hydrogen-bond acceptors (Lipinski definition) is 8. The number of rotatable bonds is 6. The minimum absolute atomic E-state index is 0.0267. The van der Waals surface area contributed by atoms with E-state index in [0.717, 1.165) is 11.5 Å². The summed E-state index contributed by atoms with van der Waals surface area (Å²) in [7, 11) is -3.95. The molecule has 0 aliphatic heterocycles. The highest BCUT2D eigenvalue weighted by Gasteiger charge is 2.19. The molecule has 12 heteroatoms. The van der Waals surface area contributed by atoms with Gasteiger partial charge in [-0.25, -0.2) is 18.4 Å². The van der Waals surface area contributed by atoms with Gasteiger partial charge in [-0.2, -0.15) is 9.64 Å². The van der Waals surface area contributed by atoms with Crippen molar-refractivity contribution >= 4 is 49.9 Å². The lowest BCUT2D eigenvalue weighted by Crippen LogP contribution is -2.13. The zero-order valence-corrected chi connectivity index (χ0v) is 19.0. The molecule has 2 aromatic carbocycles. The molecule has 4 aromatic rings. The maximum Gasteiger partial charge on any atom is 0.263 e. The highest BCUT2D eigenvalue weighted by Crippen LogP contribution is 2.37. The Labute approximate surface area is 197 Å². The van der Waals surface area contributed by atoms with Crippen LogP contribution in [-0.2, 0) is 10.0 Å². The molecular formula is C20H11Cl2N5O3S2. The van der Waals surface area contributed by atoms with Crippen LogP contribution < -0.4 is 9.46 Å². The quantitative estimate of drug-likeness (QED) is 0.351. The van der Waals surface area contributed by atoms with Gasteiger partial charge in [0.05, 0.1) is 10.5 Å². The van der Waals surface area contributed by atoms with Crippen LogP contribution in [-0.4, -0.2) is 22.8 Å². The first-order valence-electron chi connectivity index (χ1n) is 8.79. The molecule has 0 aliphatic carbocycles. The lowest BCUT2D eigenvalue weighted by molar-refractivity contribution is 0.482. The van der Waals surface area contributed by atoms with E-state index in [0.29, 0.717) is 27.1 Å². The summed E-state index contributed by atoms with van der Waals surface area (Å²) < 4.78 is 37.2. The van der Waals surface area contributed by atoms with Crippen LogP contribution in [0.5, 0.6) is 11.5 Å². The zero-order valence-electron chi connectivity index (χ0n) is 15.9. The number of nitrogens with zero attached hydrogens (tertiary/aromatic N) is 4. The Balaban J connectivity index is 1.70. The molecule has 1 N–H and O–H groups in total. The highest BCUT2D eigenvalue weighted by atomic mass is 35.5. The van der Waals surface area contributed by atoms with Gasteiger partial charge in [0, 0.05) is 28.3 Å². The van der Waals surface area contributed by atoms with E-state index in [1.54, 1.807) is 36.5 Å². The van der Waals surface area contributed by atoms with Crippen LogP contribution in [0.4, 0.5) is 5.13 Å². The van der Waals surface area contributed by atoms with Crippen molar-refractivity contribution in [2.75, 3.05) is 4.72 Å². The third-order valence-electron chi connectivity index (χ3n) is 4.16. The third kappa shape index (κ3) is 4.81. The standard InChI is InChI=1S/C20H11Cl2N5O3S2/c21-14-1-3-18(16(9-14)12-5-6-24-19(22)8-12)30-17-4-2-15(7-13(17)10-23)32(28,29)27-20-25-11-26-31-20/h1-9,11H,(H,25,26,27). The molecule has 32 heavy (non-hydrogen) atoms. The predicted octanol–water partition coefficient (Wildman–Crippen LogP) is 5.37. The van der Waals surface area contributed by atoms with Crippen LogP contribution in [0.25, 0.3) is 11.1 Å². The van der Waals surface area contributed by atoms with Crippen molar-refractivity contribution in [3.63, 3.8) is 0 Å². The van der Waals surface area contributed by atoms with Crippen molar-refractivity contribution in [2.45, 2.75) is 4.90 Å². The number of pyridine rings is 1. The molecule has 0 amide bonds. The molecule has 2 heterocycles. The zero-order chi connectivity index (χ0) is 22.7. The smallest absolute Gasteiger partial charge is 0.263 e. The number of hydrogen-bond donors (Lipinski definition) is 1. The van der Waals surface area contributed by atoms with Gasteiger partial charge in [0.2, 0.25) is 5.13 Å². The van der Waals surface area contributed by atoms with Crippen molar-refractivity contribution in [1.82, 2.24) is 14.3 Å². The summed E-state index contributed by atoms with van der Waals surface area (Å²) in [5, 5.41) is 10.5. The van der Waals surface area contributed by atoms with E-state index in [1.165, 1.54) is 24.5 Å². The van der Waals surface area contributed by atoms with E-state index >= 15 is 0 Å². The first-order valence-corrected chi connectivity index (χ1v) is 11.8. The molecule has 0 atom stereocenters. The van der Waals surface area contributed by atoms with Gasteiger partial charge in [-0.05, 0) is 54.1 Å². The molecule has 0 unspecified atom stereocenters. The number of anilines is 1. The molecule has 0 spiro atoms. The number of benzene rings is 2. The fourth-order valence-corrected chi connectivity index (χ4v) is 4.78. The van der Waals surface area contributed by atoms with E-state index in [9.17, 15) is 13.7 Å². The van der Waals surface area contributed by atoms with E-state index in [4.69, 9.17) is 27.9 Å². The van der Waals surface area contributed by atoms with Gasteiger partial charge in [0.1, 0.15) is 29.0 Å². The molecular weight excluding hydrogens is 493 g/mol. The van der Waals surface area contributed by atoms with E-state index < -0.39 is 10.0 Å². The van der Waals surface area contributed by atoms with E-state index in [-0.39, 0.29) is 21.3 Å². The second kappa shape index (κ2) is 9.10. The molecule has 0 radical (unpaired) electrons. The van der Waals surface area contributed by atoms with Crippen LogP contribution in [0.15, 0.2) is 66.0 Å². The minimum Gasteiger partial charge on any atom is -0.455 e. The Bertz CT molecular complexity index is 1440. The van der Waals surface area contributed by atoms with Gasteiger partial charge < -0.3 is 4.74 Å². The van der Waals surface area contributed by atoms with Gasteiger partial charge in [0.25, 0.3) is 10.0 Å². The SMILES string of the molecule is N#Cc1cc(S(=O)(=O)Nc2ncns2)ccc1Oc1ccc(Cl)cc1-c1ccnc(Cl)c1. The van der Waals surface area contributed by atoms with Crippen molar-refractivity contribution in [1.29, 1.82) is 5.26 Å². The molecule has 0 bridgehead atoms. The van der Waals surface area contributed by atoms with Gasteiger partial charge >= 0.3 is 0 Å². The maximum atomic E-state index is 12.6. The average molecular weight is 504 g/mol. The lowest BCUT2D eigenvalue weighted by atomic mass is 10.1. The predicted molar refractivity (Wildman–Crippen MR) is 122 cm³/mol. The Morgan fingerprint density at radius 1 is 1.03 bits per heavy atom. The maximum absolute atomic E-state index is 12.6. The van der Waals surface area contributed by atoms with Crippen LogP contribution >= 0.6 is 34.7 Å². The van der Waals surface area contributed by atoms with Crippen LogP contribution in [0, 0.1) is 11.3 Å². The number of aromatic nitrogens is 3. The van der Waals surface area contributed by atoms with Crippen LogP contribution in [0.1, 0.15) is 5.56 Å². The first kappa shape index (κ1) is 22.0. The summed E-state index contributed by atoms with van der Waals surface area (Å²) >= 11 is 13.1. The molecule has 0 saturated heterocycles. The first-order chi connectivity index (χ1) is 15.4. The Morgan fingerprint density at radius 2 is 1.84 bits per heavy atom. The normalized spacial score (nSPS) is 11.0. The molecule has 4 rings (SSSR count). The highest BCUT2D eigenvalue weighted by molar-refractivity contribution is 7.93. The molecule has 0 fully saturated rings. The van der Waals surface area contributed by atoms with E-state index in [1.807, 2.05) is 6.07 Å². The number of ether oxygens (including phenoxy) is 1. The Kier molecular flexibility index (Phi) is 6.25. The summed E-state index contributed by atoms with van der Waals surface area (Å²) in [5.41, 5.74) is 1.36. The monoisotopic (exact) mass is 503 g/mol.